The highest BCUT2D eigenvalue weighted by Gasteiger charge is 2.31. The molecular formula is C24H28N4O2S. The monoisotopic (exact) mass is 436 g/mol. The predicted molar refractivity (Wildman–Crippen MR) is 124 cm³/mol. The zero-order valence-electron chi connectivity index (χ0n) is 18.2. The van der Waals surface area contributed by atoms with Gasteiger partial charge in [0.25, 0.3) is 11.8 Å². The van der Waals surface area contributed by atoms with E-state index in [0.717, 1.165) is 45.5 Å². The summed E-state index contributed by atoms with van der Waals surface area (Å²) in [5, 5.41) is 4.14. The molecule has 31 heavy (non-hydrogen) atoms. The summed E-state index contributed by atoms with van der Waals surface area (Å²) in [4.78, 5) is 37.4. The maximum Gasteiger partial charge on any atom is 0.274 e. The fourth-order valence-corrected chi connectivity index (χ4v) is 5.31. The number of nitrogens with one attached hydrogen (secondary N) is 1. The Morgan fingerprint density at radius 2 is 2.00 bits per heavy atom. The predicted octanol–water partition coefficient (Wildman–Crippen LogP) is 4.38. The van der Waals surface area contributed by atoms with Gasteiger partial charge < -0.3 is 10.2 Å². The van der Waals surface area contributed by atoms with E-state index in [1.165, 1.54) is 11.3 Å². The Kier molecular flexibility index (Phi) is 6.32. The summed E-state index contributed by atoms with van der Waals surface area (Å²) in [6.07, 6.45) is 6.82. The summed E-state index contributed by atoms with van der Waals surface area (Å²) in [6, 6.07) is 8.24. The molecule has 0 radical (unpaired) electrons. The van der Waals surface area contributed by atoms with Crippen LogP contribution in [-0.2, 0) is 6.42 Å². The number of fused-ring (bicyclic) bond motifs is 1. The minimum absolute atomic E-state index is 0.0351. The van der Waals surface area contributed by atoms with Gasteiger partial charge in [-0.05, 0) is 63.5 Å². The van der Waals surface area contributed by atoms with Crippen molar-refractivity contribution < 1.29 is 9.59 Å². The first kappa shape index (κ1) is 21.4. The first-order valence-electron chi connectivity index (χ1n) is 10.8. The van der Waals surface area contributed by atoms with Gasteiger partial charge in [-0.2, -0.15) is 0 Å². The zero-order valence-corrected chi connectivity index (χ0v) is 19.0. The van der Waals surface area contributed by atoms with Gasteiger partial charge in [-0.1, -0.05) is 18.2 Å². The van der Waals surface area contributed by atoms with Gasteiger partial charge in [-0.15, -0.1) is 11.3 Å². The second-order valence-electron chi connectivity index (χ2n) is 8.43. The van der Waals surface area contributed by atoms with E-state index in [1.807, 2.05) is 37.8 Å². The molecule has 7 heteroatoms. The SMILES string of the molecule is Cc1cnc(C(=O)N2CCCCC2Cc2c(C(=O)NC(C)C)sc3ccccc23)cn1. The highest BCUT2D eigenvalue weighted by Crippen LogP contribution is 2.34. The molecule has 0 saturated carbocycles. The number of thiophene rings is 1. The van der Waals surface area contributed by atoms with Gasteiger partial charge in [0.05, 0.1) is 16.8 Å². The van der Waals surface area contributed by atoms with Crippen molar-refractivity contribution in [3.8, 4) is 0 Å². The number of benzene rings is 1. The lowest BCUT2D eigenvalue weighted by atomic mass is 9.93. The number of likely N-dealkylation sites (tertiary alicyclic amines) is 1. The van der Waals surface area contributed by atoms with Gasteiger partial charge >= 0.3 is 0 Å². The molecule has 162 valence electrons. The van der Waals surface area contributed by atoms with Crippen molar-refractivity contribution in [2.45, 2.75) is 58.5 Å². The number of carbonyl (C=O) groups excluding carboxylic acids is 2. The van der Waals surface area contributed by atoms with E-state index in [1.54, 1.807) is 12.4 Å². The van der Waals surface area contributed by atoms with Crippen LogP contribution >= 0.6 is 11.3 Å². The zero-order chi connectivity index (χ0) is 22.0. The number of rotatable bonds is 5. The van der Waals surface area contributed by atoms with Crippen LogP contribution in [0.5, 0.6) is 0 Å². The second-order valence-corrected chi connectivity index (χ2v) is 9.48. The number of aryl methyl sites for hydroxylation is 1. The first-order valence-corrected chi connectivity index (χ1v) is 11.7. The molecule has 1 aliphatic rings. The Morgan fingerprint density at radius 3 is 2.74 bits per heavy atom. The lowest BCUT2D eigenvalue weighted by Gasteiger charge is -2.35. The smallest absolute Gasteiger partial charge is 0.274 e. The summed E-state index contributed by atoms with van der Waals surface area (Å²) < 4.78 is 1.10. The molecule has 0 bridgehead atoms. The first-order chi connectivity index (χ1) is 14.9. The van der Waals surface area contributed by atoms with Gasteiger partial charge in [0.15, 0.2) is 0 Å². The van der Waals surface area contributed by atoms with E-state index in [0.29, 0.717) is 18.7 Å². The Balaban J connectivity index is 1.67. The van der Waals surface area contributed by atoms with Crippen molar-refractivity contribution in [2.24, 2.45) is 0 Å². The number of hydrogen-bond donors (Lipinski definition) is 1. The quantitative estimate of drug-likeness (QED) is 0.644. The van der Waals surface area contributed by atoms with Crippen LogP contribution in [0.3, 0.4) is 0 Å². The molecule has 1 fully saturated rings. The van der Waals surface area contributed by atoms with Gasteiger partial charge in [0.2, 0.25) is 0 Å². The fourth-order valence-electron chi connectivity index (χ4n) is 4.18. The minimum atomic E-state index is -0.0788. The van der Waals surface area contributed by atoms with Gasteiger partial charge in [-0.25, -0.2) is 4.98 Å². The van der Waals surface area contributed by atoms with Crippen LogP contribution in [-0.4, -0.2) is 45.3 Å². The van der Waals surface area contributed by atoms with Crippen molar-refractivity contribution in [1.82, 2.24) is 20.2 Å². The number of aromatic nitrogens is 2. The molecular weight excluding hydrogens is 408 g/mol. The van der Waals surface area contributed by atoms with Crippen molar-refractivity contribution in [3.63, 3.8) is 0 Å². The average Bonchev–Trinajstić information content (AvgIpc) is 3.12. The molecule has 1 saturated heterocycles. The van der Waals surface area contributed by atoms with Crippen molar-refractivity contribution >= 4 is 33.2 Å². The summed E-state index contributed by atoms with van der Waals surface area (Å²) in [7, 11) is 0. The lowest BCUT2D eigenvalue weighted by Crippen LogP contribution is -2.45. The maximum atomic E-state index is 13.2. The largest absolute Gasteiger partial charge is 0.349 e. The van der Waals surface area contributed by atoms with Gasteiger partial charge in [-0.3, -0.25) is 14.6 Å². The van der Waals surface area contributed by atoms with Gasteiger partial charge in [0.1, 0.15) is 5.69 Å². The summed E-state index contributed by atoms with van der Waals surface area (Å²) in [6.45, 7) is 6.50. The molecule has 1 aliphatic heterocycles. The molecule has 2 aromatic heterocycles. The standard InChI is InChI=1S/C24H28N4O2S/c1-15(2)27-23(29)22-19(18-9-4-5-10-21(18)31-22)12-17-8-6-7-11-28(17)24(30)20-14-25-16(3)13-26-20/h4-5,9-10,13-15,17H,6-8,11-12H2,1-3H3,(H,27,29). The molecule has 6 nitrogen and oxygen atoms in total. The van der Waals surface area contributed by atoms with Crippen LogP contribution in [0.1, 0.15) is 64.5 Å². The highest BCUT2D eigenvalue weighted by molar-refractivity contribution is 7.21. The summed E-state index contributed by atoms with van der Waals surface area (Å²) in [5.41, 5.74) is 2.21. The van der Waals surface area contributed by atoms with E-state index >= 15 is 0 Å². The van der Waals surface area contributed by atoms with Crippen LogP contribution in [0.4, 0.5) is 0 Å². The molecule has 3 aromatic rings. The molecule has 1 aromatic carbocycles. The van der Waals surface area contributed by atoms with Crippen molar-refractivity contribution in [1.29, 1.82) is 0 Å². The summed E-state index contributed by atoms with van der Waals surface area (Å²) in [5.74, 6) is -0.116. The van der Waals surface area contributed by atoms with Crippen LogP contribution in [0, 0.1) is 6.92 Å². The van der Waals surface area contributed by atoms with Crippen LogP contribution in [0.2, 0.25) is 0 Å². The molecule has 1 atom stereocenters. The lowest BCUT2D eigenvalue weighted by molar-refractivity contribution is 0.0607. The van der Waals surface area contributed by atoms with Crippen molar-refractivity contribution in [2.75, 3.05) is 6.54 Å². The molecule has 3 heterocycles. The van der Waals surface area contributed by atoms with Crippen molar-refractivity contribution in [3.05, 3.63) is 58.5 Å². The molecule has 1 N–H and O–H groups in total. The van der Waals surface area contributed by atoms with E-state index in [4.69, 9.17) is 0 Å². The van der Waals surface area contributed by atoms with Gasteiger partial charge in [0, 0.05) is 29.5 Å². The second kappa shape index (κ2) is 9.14. The molecule has 4 rings (SSSR count). The molecule has 0 aliphatic carbocycles. The maximum absolute atomic E-state index is 13.2. The molecule has 2 amide bonds. The normalized spacial score (nSPS) is 16.6. The number of carbonyl (C=O) groups is 2. The van der Waals surface area contributed by atoms with E-state index in [9.17, 15) is 9.59 Å². The fraction of sp³-hybridized carbons (Fsp3) is 0.417. The highest BCUT2D eigenvalue weighted by atomic mass is 32.1. The Bertz CT molecular complexity index is 1090. The Labute approximate surface area is 186 Å². The molecule has 1 unspecified atom stereocenters. The van der Waals surface area contributed by atoms with E-state index in [2.05, 4.69) is 27.4 Å². The van der Waals surface area contributed by atoms with Crippen LogP contribution < -0.4 is 5.32 Å². The third kappa shape index (κ3) is 4.61. The minimum Gasteiger partial charge on any atom is -0.349 e. The van der Waals surface area contributed by atoms with Crippen LogP contribution in [0.25, 0.3) is 10.1 Å². The topological polar surface area (TPSA) is 75.2 Å². The summed E-state index contributed by atoms with van der Waals surface area (Å²) >= 11 is 1.53. The Morgan fingerprint density at radius 1 is 1.19 bits per heavy atom. The number of nitrogens with zero attached hydrogens (tertiary/aromatic N) is 3. The third-order valence-corrected chi connectivity index (χ3v) is 6.86. The number of piperidine rings is 1. The molecule has 0 spiro atoms. The number of amides is 2. The van der Waals surface area contributed by atoms with E-state index < -0.39 is 0 Å². The van der Waals surface area contributed by atoms with E-state index in [-0.39, 0.29) is 23.9 Å². The third-order valence-electron chi connectivity index (χ3n) is 5.65. The van der Waals surface area contributed by atoms with Crippen LogP contribution in [0.15, 0.2) is 36.7 Å². The number of hydrogen-bond acceptors (Lipinski definition) is 5. The average molecular weight is 437 g/mol. The Hall–Kier alpha value is -2.80.